The van der Waals surface area contributed by atoms with Gasteiger partial charge in [-0.15, -0.1) is 11.3 Å². The molecule has 0 aromatic carbocycles. The van der Waals surface area contributed by atoms with Gasteiger partial charge >= 0.3 is 0 Å². The van der Waals surface area contributed by atoms with Crippen molar-refractivity contribution in [2.24, 2.45) is 0 Å². The van der Waals surface area contributed by atoms with Crippen LogP contribution in [0.5, 0.6) is 0 Å². The molecule has 0 spiro atoms. The summed E-state index contributed by atoms with van der Waals surface area (Å²) in [5.74, 6) is 0. The number of nitrogens with zero attached hydrogens (tertiary/aromatic N) is 2. The predicted molar refractivity (Wildman–Crippen MR) is 69.2 cm³/mol. The van der Waals surface area contributed by atoms with E-state index < -0.39 is 0 Å². The van der Waals surface area contributed by atoms with Gasteiger partial charge in [0.2, 0.25) is 0 Å². The van der Waals surface area contributed by atoms with Crippen molar-refractivity contribution in [3.05, 3.63) is 33.7 Å². The minimum Gasteiger partial charge on any atom is -0.268 e. The fourth-order valence-corrected chi connectivity index (χ4v) is 2.48. The van der Waals surface area contributed by atoms with Crippen molar-refractivity contribution >= 4 is 11.3 Å². The second kappa shape index (κ2) is 5.72. The Morgan fingerprint density at radius 3 is 2.94 bits per heavy atom. The lowest BCUT2D eigenvalue weighted by atomic mass is 10.1. The van der Waals surface area contributed by atoms with Crippen LogP contribution in [0, 0.1) is 0 Å². The summed E-state index contributed by atoms with van der Waals surface area (Å²) in [5.41, 5.74) is 3.55. The molecule has 0 atom stereocenters. The zero-order valence-corrected chi connectivity index (χ0v) is 10.6. The van der Waals surface area contributed by atoms with E-state index in [-0.39, 0.29) is 5.56 Å². The highest BCUT2D eigenvalue weighted by Gasteiger charge is 2.09. The average molecular weight is 249 g/mol. The van der Waals surface area contributed by atoms with Crippen LogP contribution in [0.15, 0.2) is 22.4 Å². The summed E-state index contributed by atoms with van der Waals surface area (Å²) in [6.45, 7) is 2.19. The average Bonchev–Trinajstić information content (AvgIpc) is 2.79. The molecule has 17 heavy (non-hydrogen) atoms. The van der Waals surface area contributed by atoms with Gasteiger partial charge in [-0.05, 0) is 18.9 Å². The summed E-state index contributed by atoms with van der Waals surface area (Å²) < 4.78 is 0. The molecule has 4 nitrogen and oxygen atoms in total. The lowest BCUT2D eigenvalue weighted by Crippen LogP contribution is -2.05. The van der Waals surface area contributed by atoms with E-state index in [0.717, 1.165) is 29.1 Å². The van der Waals surface area contributed by atoms with Gasteiger partial charge in [0.25, 0.3) is 5.56 Å². The number of hydrogen-bond donors (Lipinski definition) is 1. The number of aryl methyl sites for hydroxylation is 1. The van der Waals surface area contributed by atoms with Gasteiger partial charge in [-0.25, -0.2) is 10.1 Å². The largest absolute Gasteiger partial charge is 0.268 e. The van der Waals surface area contributed by atoms with Crippen LogP contribution < -0.4 is 5.56 Å². The highest BCUT2D eigenvalue weighted by molar-refractivity contribution is 7.13. The van der Waals surface area contributed by atoms with E-state index in [2.05, 4.69) is 22.1 Å². The molecule has 0 fully saturated rings. The fourth-order valence-electron chi connectivity index (χ4n) is 1.67. The molecule has 0 radical (unpaired) electrons. The Labute approximate surface area is 104 Å². The van der Waals surface area contributed by atoms with Gasteiger partial charge in [0.05, 0.1) is 16.1 Å². The van der Waals surface area contributed by atoms with Crippen molar-refractivity contribution in [1.29, 1.82) is 0 Å². The third-order valence-electron chi connectivity index (χ3n) is 2.57. The molecule has 0 bridgehead atoms. The monoisotopic (exact) mass is 249 g/mol. The van der Waals surface area contributed by atoms with Crippen LogP contribution in [0.2, 0.25) is 0 Å². The predicted octanol–water partition coefficient (Wildman–Crippen LogP) is 2.63. The summed E-state index contributed by atoms with van der Waals surface area (Å²) >= 11 is 1.57. The number of thiazole rings is 1. The molecular formula is C12H15N3OS. The topological polar surface area (TPSA) is 58.6 Å². The molecule has 1 N–H and O–H groups in total. The number of unbranched alkanes of at least 4 members (excludes halogenated alkanes) is 2. The minimum atomic E-state index is -0.175. The maximum atomic E-state index is 11.0. The van der Waals surface area contributed by atoms with Crippen LogP contribution >= 0.6 is 11.3 Å². The Morgan fingerprint density at radius 1 is 1.35 bits per heavy atom. The SMILES string of the molecule is CCCCCc1ncsc1-c1ccc(=O)[nH]n1. The van der Waals surface area contributed by atoms with E-state index in [1.165, 1.54) is 18.9 Å². The smallest absolute Gasteiger partial charge is 0.264 e. The zero-order valence-electron chi connectivity index (χ0n) is 9.77. The first-order valence-electron chi connectivity index (χ1n) is 5.79. The molecule has 2 aromatic heterocycles. The number of rotatable bonds is 5. The van der Waals surface area contributed by atoms with E-state index in [4.69, 9.17) is 0 Å². The van der Waals surface area contributed by atoms with Gasteiger partial charge in [0.15, 0.2) is 0 Å². The van der Waals surface area contributed by atoms with Crippen molar-refractivity contribution in [2.45, 2.75) is 32.6 Å². The molecule has 0 aliphatic heterocycles. The van der Waals surface area contributed by atoms with Crippen molar-refractivity contribution in [3.8, 4) is 10.6 Å². The summed E-state index contributed by atoms with van der Waals surface area (Å²) in [6, 6.07) is 3.24. The number of nitrogens with one attached hydrogen (secondary N) is 1. The van der Waals surface area contributed by atoms with Gasteiger partial charge in [0.1, 0.15) is 5.69 Å². The lowest BCUT2D eigenvalue weighted by Gasteiger charge is -2.00. The maximum absolute atomic E-state index is 11.0. The van der Waals surface area contributed by atoms with Crippen LogP contribution in [0.1, 0.15) is 31.9 Å². The first-order valence-corrected chi connectivity index (χ1v) is 6.67. The van der Waals surface area contributed by atoms with Crippen LogP contribution in [0.4, 0.5) is 0 Å². The molecule has 2 rings (SSSR count). The molecule has 0 aliphatic rings. The number of aromatic nitrogens is 3. The van der Waals surface area contributed by atoms with Crippen molar-refractivity contribution in [1.82, 2.24) is 15.2 Å². The van der Waals surface area contributed by atoms with Crippen LogP contribution in [0.3, 0.4) is 0 Å². The van der Waals surface area contributed by atoms with E-state index >= 15 is 0 Å². The zero-order chi connectivity index (χ0) is 12.1. The number of H-pyrrole nitrogens is 1. The third kappa shape index (κ3) is 3.00. The number of aromatic amines is 1. The van der Waals surface area contributed by atoms with E-state index in [0.29, 0.717) is 0 Å². The molecule has 0 aliphatic carbocycles. The van der Waals surface area contributed by atoms with Crippen molar-refractivity contribution in [2.75, 3.05) is 0 Å². The van der Waals surface area contributed by atoms with Crippen molar-refractivity contribution in [3.63, 3.8) is 0 Å². The first kappa shape index (κ1) is 12.0. The molecule has 2 heterocycles. The molecule has 5 heteroatoms. The van der Waals surface area contributed by atoms with Gasteiger partial charge in [-0.3, -0.25) is 4.79 Å². The fraction of sp³-hybridized carbons (Fsp3) is 0.417. The molecule has 90 valence electrons. The van der Waals surface area contributed by atoms with Gasteiger partial charge < -0.3 is 0 Å². The molecule has 0 saturated carbocycles. The quantitative estimate of drug-likeness (QED) is 0.829. The molecule has 0 unspecified atom stereocenters. The second-order valence-electron chi connectivity index (χ2n) is 3.89. The summed E-state index contributed by atoms with van der Waals surface area (Å²) in [4.78, 5) is 16.4. The molecular weight excluding hydrogens is 234 g/mol. The standard InChI is InChI=1S/C12H15N3OS/c1-2-3-4-5-9-12(17-8-13-9)10-6-7-11(16)15-14-10/h6-8H,2-5H2,1H3,(H,15,16). The van der Waals surface area contributed by atoms with Crippen LogP contribution in [0.25, 0.3) is 10.6 Å². The highest BCUT2D eigenvalue weighted by atomic mass is 32.1. The Balaban J connectivity index is 2.18. The Morgan fingerprint density at radius 2 is 2.24 bits per heavy atom. The van der Waals surface area contributed by atoms with Gasteiger partial charge in [-0.1, -0.05) is 19.8 Å². The Hall–Kier alpha value is -1.49. The summed E-state index contributed by atoms with van der Waals surface area (Å²) in [6.07, 6.45) is 4.55. The summed E-state index contributed by atoms with van der Waals surface area (Å²) in [5, 5.41) is 6.50. The van der Waals surface area contributed by atoms with Crippen LogP contribution in [-0.2, 0) is 6.42 Å². The Bertz CT molecular complexity index is 512. The number of hydrogen-bond acceptors (Lipinski definition) is 4. The van der Waals surface area contributed by atoms with Gasteiger partial charge in [-0.2, -0.15) is 5.10 Å². The lowest BCUT2D eigenvalue weighted by molar-refractivity contribution is 0.710. The molecule has 0 saturated heterocycles. The molecule has 2 aromatic rings. The van der Waals surface area contributed by atoms with E-state index in [1.807, 2.05) is 5.51 Å². The first-order chi connectivity index (χ1) is 8.31. The van der Waals surface area contributed by atoms with Crippen LogP contribution in [-0.4, -0.2) is 15.2 Å². The second-order valence-corrected chi connectivity index (χ2v) is 4.75. The summed E-state index contributed by atoms with van der Waals surface area (Å²) in [7, 11) is 0. The van der Waals surface area contributed by atoms with Crippen molar-refractivity contribution < 1.29 is 0 Å². The molecule has 0 amide bonds. The minimum absolute atomic E-state index is 0.175. The normalized spacial score (nSPS) is 10.6. The van der Waals surface area contributed by atoms with E-state index in [9.17, 15) is 4.79 Å². The third-order valence-corrected chi connectivity index (χ3v) is 3.46. The van der Waals surface area contributed by atoms with Gasteiger partial charge in [0, 0.05) is 6.07 Å². The van der Waals surface area contributed by atoms with E-state index in [1.54, 1.807) is 17.4 Å². The Kier molecular flexibility index (Phi) is 4.03. The maximum Gasteiger partial charge on any atom is 0.264 e. The highest BCUT2D eigenvalue weighted by Crippen LogP contribution is 2.26.